The number of nitrogens with zero attached hydrogens (tertiary/aromatic N) is 2. The van der Waals surface area contributed by atoms with Crippen molar-refractivity contribution in [2.75, 3.05) is 7.11 Å². The van der Waals surface area contributed by atoms with Crippen molar-refractivity contribution >= 4 is 5.91 Å². The first-order valence-electron chi connectivity index (χ1n) is 6.80. The summed E-state index contributed by atoms with van der Waals surface area (Å²) in [6.45, 7) is 5.46. The van der Waals surface area contributed by atoms with Gasteiger partial charge in [0.25, 0.3) is 0 Å². The molecule has 112 valence electrons. The lowest BCUT2D eigenvalue weighted by atomic mass is 10.2. The van der Waals surface area contributed by atoms with Crippen molar-refractivity contribution in [2.24, 2.45) is 5.92 Å². The number of hydrogen-bond donors (Lipinski definition) is 1. The highest BCUT2D eigenvalue weighted by atomic mass is 16.5. The Morgan fingerprint density at radius 2 is 2.00 bits per heavy atom. The molecule has 0 bridgehead atoms. The molecule has 6 heteroatoms. The van der Waals surface area contributed by atoms with E-state index < -0.39 is 0 Å². The smallest absolute Gasteiger partial charge is 0.249 e. The topological polar surface area (TPSA) is 77.3 Å². The minimum Gasteiger partial charge on any atom is -0.496 e. The molecular weight excluding hydrogens is 270 g/mol. The Morgan fingerprint density at radius 1 is 1.29 bits per heavy atom. The highest BCUT2D eigenvalue weighted by Gasteiger charge is 2.19. The summed E-state index contributed by atoms with van der Waals surface area (Å²) in [5.74, 6) is 1.32. The molecular formula is C15H19N3O3. The van der Waals surface area contributed by atoms with E-state index in [-0.39, 0.29) is 17.9 Å². The molecule has 1 heterocycles. The second kappa shape index (κ2) is 6.39. The summed E-state index contributed by atoms with van der Waals surface area (Å²) in [5.41, 5.74) is 0.748. The normalized spacial score (nSPS) is 12.2. The van der Waals surface area contributed by atoms with Gasteiger partial charge in [-0.2, -0.15) is 4.98 Å². The van der Waals surface area contributed by atoms with E-state index in [1.165, 1.54) is 0 Å². The van der Waals surface area contributed by atoms with E-state index in [9.17, 15) is 4.79 Å². The van der Waals surface area contributed by atoms with Crippen LogP contribution in [0.3, 0.4) is 0 Å². The van der Waals surface area contributed by atoms with Gasteiger partial charge in [-0.15, -0.1) is 0 Å². The fourth-order valence-corrected chi connectivity index (χ4v) is 1.79. The highest BCUT2D eigenvalue weighted by molar-refractivity contribution is 5.78. The quantitative estimate of drug-likeness (QED) is 0.915. The predicted molar refractivity (Wildman–Crippen MR) is 77.7 cm³/mol. The van der Waals surface area contributed by atoms with Crippen LogP contribution in [-0.4, -0.2) is 23.2 Å². The van der Waals surface area contributed by atoms with Crippen LogP contribution in [0.25, 0.3) is 11.4 Å². The Balaban J connectivity index is 2.20. The van der Waals surface area contributed by atoms with Crippen LogP contribution in [0, 0.1) is 5.92 Å². The maximum atomic E-state index is 11.7. The van der Waals surface area contributed by atoms with Gasteiger partial charge in [-0.1, -0.05) is 31.1 Å². The van der Waals surface area contributed by atoms with Gasteiger partial charge in [0.05, 0.1) is 12.7 Å². The largest absolute Gasteiger partial charge is 0.496 e. The summed E-state index contributed by atoms with van der Waals surface area (Å²) >= 11 is 0. The Kier molecular flexibility index (Phi) is 4.57. The fourth-order valence-electron chi connectivity index (χ4n) is 1.79. The average Bonchev–Trinajstić information content (AvgIpc) is 2.96. The van der Waals surface area contributed by atoms with Crippen molar-refractivity contribution in [3.05, 3.63) is 30.2 Å². The second-order valence-corrected chi connectivity index (χ2v) is 5.04. The predicted octanol–water partition coefficient (Wildman–Crippen LogP) is 2.58. The summed E-state index contributed by atoms with van der Waals surface area (Å²) in [7, 11) is 1.59. The standard InChI is InChI=1S/C15H19N3O3/c1-9(2)14(19)16-10(3)15-17-13(18-21-15)11-7-5-6-8-12(11)20-4/h5-10H,1-4H3,(H,16,19). The Morgan fingerprint density at radius 3 is 2.67 bits per heavy atom. The molecule has 1 aromatic heterocycles. The third kappa shape index (κ3) is 3.39. The van der Waals surface area contributed by atoms with Crippen LogP contribution in [0.4, 0.5) is 0 Å². The number of carbonyl (C=O) groups is 1. The molecule has 1 aromatic carbocycles. The number of aromatic nitrogens is 2. The lowest BCUT2D eigenvalue weighted by molar-refractivity contribution is -0.124. The van der Waals surface area contributed by atoms with E-state index in [2.05, 4.69) is 15.5 Å². The van der Waals surface area contributed by atoms with Gasteiger partial charge in [-0.25, -0.2) is 0 Å². The Hall–Kier alpha value is -2.37. The van der Waals surface area contributed by atoms with Crippen LogP contribution >= 0.6 is 0 Å². The molecule has 0 aliphatic carbocycles. The molecule has 0 spiro atoms. The monoisotopic (exact) mass is 289 g/mol. The summed E-state index contributed by atoms with van der Waals surface area (Å²) in [4.78, 5) is 16.0. The van der Waals surface area contributed by atoms with E-state index in [0.717, 1.165) is 5.56 Å². The zero-order chi connectivity index (χ0) is 15.4. The number of hydrogen-bond acceptors (Lipinski definition) is 5. The first kappa shape index (κ1) is 15.0. The molecule has 0 fully saturated rings. The first-order valence-corrected chi connectivity index (χ1v) is 6.80. The Labute approximate surface area is 123 Å². The van der Waals surface area contributed by atoms with Gasteiger partial charge in [0.2, 0.25) is 17.6 Å². The average molecular weight is 289 g/mol. The first-order chi connectivity index (χ1) is 10.0. The maximum Gasteiger partial charge on any atom is 0.249 e. The molecule has 0 saturated heterocycles. The van der Waals surface area contributed by atoms with Gasteiger partial charge < -0.3 is 14.6 Å². The number of para-hydroxylation sites is 1. The van der Waals surface area contributed by atoms with Crippen LogP contribution < -0.4 is 10.1 Å². The zero-order valence-electron chi connectivity index (χ0n) is 12.6. The molecule has 6 nitrogen and oxygen atoms in total. The summed E-state index contributed by atoms with van der Waals surface area (Å²) in [6.07, 6.45) is 0. The molecule has 0 aliphatic rings. The van der Waals surface area contributed by atoms with Gasteiger partial charge in [0.1, 0.15) is 11.8 Å². The molecule has 1 amide bonds. The zero-order valence-corrected chi connectivity index (χ0v) is 12.6. The van der Waals surface area contributed by atoms with Crippen molar-refractivity contribution < 1.29 is 14.1 Å². The van der Waals surface area contributed by atoms with Gasteiger partial charge in [0.15, 0.2) is 0 Å². The van der Waals surface area contributed by atoms with E-state index in [1.807, 2.05) is 38.1 Å². The number of carbonyl (C=O) groups excluding carboxylic acids is 1. The van der Waals surface area contributed by atoms with Crippen LogP contribution in [-0.2, 0) is 4.79 Å². The third-order valence-corrected chi connectivity index (χ3v) is 3.04. The number of ether oxygens (including phenoxy) is 1. The fraction of sp³-hybridized carbons (Fsp3) is 0.400. The minimum absolute atomic E-state index is 0.0560. The molecule has 2 aromatic rings. The lowest BCUT2D eigenvalue weighted by Crippen LogP contribution is -2.30. The van der Waals surface area contributed by atoms with E-state index in [4.69, 9.17) is 9.26 Å². The highest BCUT2D eigenvalue weighted by Crippen LogP contribution is 2.27. The van der Waals surface area contributed by atoms with Crippen molar-refractivity contribution in [3.8, 4) is 17.1 Å². The molecule has 2 rings (SSSR count). The van der Waals surface area contributed by atoms with Gasteiger partial charge in [-0.3, -0.25) is 4.79 Å². The van der Waals surface area contributed by atoms with Crippen LogP contribution in [0.1, 0.15) is 32.7 Å². The molecule has 1 N–H and O–H groups in total. The molecule has 0 saturated carbocycles. The van der Waals surface area contributed by atoms with Crippen molar-refractivity contribution in [3.63, 3.8) is 0 Å². The summed E-state index contributed by atoms with van der Waals surface area (Å²) in [5, 5.41) is 6.77. The number of rotatable bonds is 5. The number of benzene rings is 1. The van der Waals surface area contributed by atoms with Gasteiger partial charge in [-0.05, 0) is 19.1 Å². The lowest BCUT2D eigenvalue weighted by Gasteiger charge is -2.11. The van der Waals surface area contributed by atoms with E-state index >= 15 is 0 Å². The summed E-state index contributed by atoms with van der Waals surface area (Å²) < 4.78 is 10.5. The SMILES string of the molecule is COc1ccccc1-c1noc(C(C)NC(=O)C(C)C)n1. The maximum absolute atomic E-state index is 11.7. The van der Waals surface area contributed by atoms with Crippen molar-refractivity contribution in [1.29, 1.82) is 0 Å². The molecule has 0 radical (unpaired) electrons. The second-order valence-electron chi connectivity index (χ2n) is 5.04. The molecule has 0 aliphatic heterocycles. The molecule has 1 unspecified atom stereocenters. The van der Waals surface area contributed by atoms with Crippen molar-refractivity contribution in [1.82, 2.24) is 15.5 Å². The van der Waals surface area contributed by atoms with Gasteiger partial charge in [0, 0.05) is 5.92 Å². The van der Waals surface area contributed by atoms with Crippen molar-refractivity contribution in [2.45, 2.75) is 26.8 Å². The van der Waals surface area contributed by atoms with Crippen LogP contribution in [0.2, 0.25) is 0 Å². The number of methoxy groups -OCH3 is 1. The molecule has 1 atom stereocenters. The van der Waals surface area contributed by atoms with Crippen LogP contribution in [0.15, 0.2) is 28.8 Å². The van der Waals surface area contributed by atoms with Crippen LogP contribution in [0.5, 0.6) is 5.75 Å². The molecule has 21 heavy (non-hydrogen) atoms. The van der Waals surface area contributed by atoms with E-state index in [1.54, 1.807) is 14.0 Å². The minimum atomic E-state index is -0.337. The Bertz CT molecular complexity index is 622. The third-order valence-electron chi connectivity index (χ3n) is 3.04. The van der Waals surface area contributed by atoms with E-state index in [0.29, 0.717) is 17.5 Å². The number of amides is 1. The number of nitrogens with one attached hydrogen (secondary N) is 1. The van der Waals surface area contributed by atoms with Gasteiger partial charge >= 0.3 is 0 Å². The summed E-state index contributed by atoms with van der Waals surface area (Å²) in [6, 6.07) is 7.09.